The van der Waals surface area contributed by atoms with Gasteiger partial charge in [-0.2, -0.15) is 5.10 Å². The number of rotatable bonds is 5. The molecule has 0 spiro atoms. The quantitative estimate of drug-likeness (QED) is 0.903. The molecule has 0 radical (unpaired) electrons. The van der Waals surface area contributed by atoms with Crippen LogP contribution >= 0.6 is 0 Å². The summed E-state index contributed by atoms with van der Waals surface area (Å²) in [5, 5.41) is 6.97. The van der Waals surface area contributed by atoms with Crippen LogP contribution in [0.15, 0.2) is 30.5 Å². The van der Waals surface area contributed by atoms with Gasteiger partial charge in [0.15, 0.2) is 0 Å². The number of nitrogens with zero attached hydrogens (tertiary/aromatic N) is 3. The first-order valence-corrected chi connectivity index (χ1v) is 8.43. The second-order valence-electron chi connectivity index (χ2n) is 6.13. The summed E-state index contributed by atoms with van der Waals surface area (Å²) >= 11 is 0. The lowest BCUT2D eigenvalue weighted by Gasteiger charge is -2.15. The molecule has 2 amide bonds. The van der Waals surface area contributed by atoms with Crippen LogP contribution in [0.3, 0.4) is 0 Å². The third kappa shape index (κ3) is 3.87. The molecule has 6 nitrogen and oxygen atoms in total. The highest BCUT2D eigenvalue weighted by Gasteiger charge is 2.19. The number of likely N-dealkylation sites (tertiary alicyclic amines) is 1. The second-order valence-corrected chi connectivity index (χ2v) is 6.13. The third-order valence-electron chi connectivity index (χ3n) is 4.41. The molecule has 1 aromatic carbocycles. The van der Waals surface area contributed by atoms with E-state index in [2.05, 4.69) is 10.4 Å². The van der Waals surface area contributed by atoms with Crippen molar-refractivity contribution in [2.75, 3.05) is 19.6 Å². The SMILES string of the molecule is Cc1c(C(=O)NCCC(=O)N2CCCC2)cnn1-c1ccc(F)cc1. The minimum absolute atomic E-state index is 0.0801. The van der Waals surface area contributed by atoms with Crippen molar-refractivity contribution in [2.45, 2.75) is 26.2 Å². The highest BCUT2D eigenvalue weighted by Crippen LogP contribution is 2.15. The van der Waals surface area contributed by atoms with Crippen LogP contribution in [0.5, 0.6) is 0 Å². The number of carbonyl (C=O) groups is 2. The van der Waals surface area contributed by atoms with Crippen molar-refractivity contribution in [3.8, 4) is 5.69 Å². The Labute approximate surface area is 145 Å². The van der Waals surface area contributed by atoms with Crippen molar-refractivity contribution in [1.29, 1.82) is 0 Å². The molecule has 0 atom stereocenters. The Balaban J connectivity index is 1.59. The van der Waals surface area contributed by atoms with Crippen molar-refractivity contribution in [3.05, 3.63) is 47.5 Å². The molecule has 1 aliphatic rings. The molecule has 3 rings (SSSR count). The van der Waals surface area contributed by atoms with E-state index in [0.29, 0.717) is 29.9 Å². The van der Waals surface area contributed by atoms with Gasteiger partial charge in [0.05, 0.1) is 23.1 Å². The van der Waals surface area contributed by atoms with E-state index >= 15 is 0 Å². The molecular weight excluding hydrogens is 323 g/mol. The summed E-state index contributed by atoms with van der Waals surface area (Å²) in [5.74, 6) is -0.509. The first kappa shape index (κ1) is 17.1. The molecule has 0 aliphatic carbocycles. The van der Waals surface area contributed by atoms with Gasteiger partial charge >= 0.3 is 0 Å². The van der Waals surface area contributed by atoms with Crippen LogP contribution in [-0.4, -0.2) is 46.1 Å². The largest absolute Gasteiger partial charge is 0.351 e. The molecule has 7 heteroatoms. The Kier molecular flexibility index (Phi) is 5.11. The van der Waals surface area contributed by atoms with Gasteiger partial charge in [-0.25, -0.2) is 9.07 Å². The number of hydrogen-bond acceptors (Lipinski definition) is 3. The summed E-state index contributed by atoms with van der Waals surface area (Å²) in [6.07, 6.45) is 3.90. The van der Waals surface area contributed by atoms with E-state index in [1.807, 2.05) is 4.90 Å². The monoisotopic (exact) mass is 344 g/mol. The summed E-state index contributed by atoms with van der Waals surface area (Å²) in [5.41, 5.74) is 1.79. The van der Waals surface area contributed by atoms with Crippen LogP contribution in [0.1, 0.15) is 35.3 Å². The summed E-state index contributed by atoms with van der Waals surface area (Å²) < 4.78 is 14.6. The number of nitrogens with one attached hydrogen (secondary N) is 1. The summed E-state index contributed by atoms with van der Waals surface area (Å²) in [7, 11) is 0. The maximum Gasteiger partial charge on any atom is 0.254 e. The van der Waals surface area contributed by atoms with Crippen LogP contribution in [0.4, 0.5) is 4.39 Å². The van der Waals surface area contributed by atoms with E-state index in [-0.39, 0.29) is 17.6 Å². The van der Waals surface area contributed by atoms with Gasteiger partial charge in [0, 0.05) is 26.1 Å². The Morgan fingerprint density at radius 1 is 1.20 bits per heavy atom. The molecule has 0 saturated carbocycles. The number of aromatic nitrogens is 2. The van der Waals surface area contributed by atoms with Crippen molar-refractivity contribution in [2.24, 2.45) is 0 Å². The zero-order chi connectivity index (χ0) is 17.8. The topological polar surface area (TPSA) is 67.2 Å². The smallest absolute Gasteiger partial charge is 0.254 e. The van der Waals surface area contributed by atoms with Crippen LogP contribution in [0.2, 0.25) is 0 Å². The van der Waals surface area contributed by atoms with Crippen molar-refractivity contribution in [1.82, 2.24) is 20.0 Å². The van der Waals surface area contributed by atoms with E-state index in [0.717, 1.165) is 25.9 Å². The average Bonchev–Trinajstić information content (AvgIpc) is 3.25. The maximum absolute atomic E-state index is 13.0. The minimum Gasteiger partial charge on any atom is -0.351 e. The number of halogens is 1. The number of amides is 2. The Hall–Kier alpha value is -2.70. The molecule has 1 fully saturated rings. The van der Waals surface area contributed by atoms with Gasteiger partial charge in [0.25, 0.3) is 5.91 Å². The fourth-order valence-electron chi connectivity index (χ4n) is 2.98. The summed E-state index contributed by atoms with van der Waals surface area (Å²) in [6.45, 7) is 3.71. The predicted molar refractivity (Wildman–Crippen MR) is 91.0 cm³/mol. The lowest BCUT2D eigenvalue weighted by atomic mass is 10.2. The van der Waals surface area contributed by atoms with Crippen LogP contribution in [-0.2, 0) is 4.79 Å². The van der Waals surface area contributed by atoms with E-state index < -0.39 is 0 Å². The third-order valence-corrected chi connectivity index (χ3v) is 4.41. The minimum atomic E-state index is -0.325. The molecule has 2 aromatic rings. The molecule has 0 unspecified atom stereocenters. The number of carbonyl (C=O) groups excluding carboxylic acids is 2. The van der Waals surface area contributed by atoms with Gasteiger partial charge in [-0.15, -0.1) is 0 Å². The lowest BCUT2D eigenvalue weighted by molar-refractivity contribution is -0.129. The van der Waals surface area contributed by atoms with Gasteiger partial charge in [-0.05, 0) is 44.0 Å². The predicted octanol–water partition coefficient (Wildman–Crippen LogP) is 2.06. The van der Waals surface area contributed by atoms with E-state index in [9.17, 15) is 14.0 Å². The molecule has 2 heterocycles. The normalized spacial score (nSPS) is 13.9. The zero-order valence-electron chi connectivity index (χ0n) is 14.2. The van der Waals surface area contributed by atoms with Crippen LogP contribution in [0.25, 0.3) is 5.69 Å². The van der Waals surface area contributed by atoms with E-state index in [1.54, 1.807) is 23.7 Å². The molecule has 132 valence electrons. The zero-order valence-corrected chi connectivity index (χ0v) is 14.2. The Bertz CT molecular complexity index is 764. The average molecular weight is 344 g/mol. The molecular formula is C18H21FN4O2. The second kappa shape index (κ2) is 7.46. The van der Waals surface area contributed by atoms with Crippen LogP contribution < -0.4 is 5.32 Å². The first-order chi connectivity index (χ1) is 12.1. The van der Waals surface area contributed by atoms with Gasteiger partial charge < -0.3 is 10.2 Å². The number of hydrogen-bond donors (Lipinski definition) is 1. The van der Waals surface area contributed by atoms with Gasteiger partial charge in [-0.1, -0.05) is 0 Å². The maximum atomic E-state index is 13.0. The highest BCUT2D eigenvalue weighted by molar-refractivity contribution is 5.95. The molecule has 1 saturated heterocycles. The summed E-state index contributed by atoms with van der Waals surface area (Å²) in [6, 6.07) is 5.90. The fraction of sp³-hybridized carbons (Fsp3) is 0.389. The Morgan fingerprint density at radius 2 is 1.88 bits per heavy atom. The molecule has 0 bridgehead atoms. The van der Waals surface area contributed by atoms with Crippen molar-refractivity contribution in [3.63, 3.8) is 0 Å². The molecule has 1 N–H and O–H groups in total. The van der Waals surface area contributed by atoms with E-state index in [1.165, 1.54) is 18.3 Å². The molecule has 1 aliphatic heterocycles. The van der Waals surface area contributed by atoms with Crippen molar-refractivity contribution < 1.29 is 14.0 Å². The highest BCUT2D eigenvalue weighted by atomic mass is 19.1. The van der Waals surface area contributed by atoms with Gasteiger partial charge in [0.1, 0.15) is 5.82 Å². The molecule has 25 heavy (non-hydrogen) atoms. The lowest BCUT2D eigenvalue weighted by Crippen LogP contribution is -2.32. The fourth-order valence-corrected chi connectivity index (χ4v) is 2.98. The standard InChI is InChI=1S/C18H21FN4O2/c1-13-16(12-21-23(13)15-6-4-14(19)5-7-15)18(25)20-9-8-17(24)22-10-2-3-11-22/h4-7,12H,2-3,8-11H2,1H3,(H,20,25). The first-order valence-electron chi connectivity index (χ1n) is 8.43. The molecule has 1 aromatic heterocycles. The van der Waals surface area contributed by atoms with Gasteiger partial charge in [0.2, 0.25) is 5.91 Å². The summed E-state index contributed by atoms with van der Waals surface area (Å²) in [4.78, 5) is 26.1. The Morgan fingerprint density at radius 3 is 2.56 bits per heavy atom. The number of benzene rings is 1. The van der Waals surface area contributed by atoms with Crippen LogP contribution in [0, 0.1) is 12.7 Å². The van der Waals surface area contributed by atoms with E-state index in [4.69, 9.17) is 0 Å². The van der Waals surface area contributed by atoms with Gasteiger partial charge in [-0.3, -0.25) is 9.59 Å². The van der Waals surface area contributed by atoms with Crippen molar-refractivity contribution >= 4 is 11.8 Å².